The van der Waals surface area contributed by atoms with E-state index in [0.717, 1.165) is 12.8 Å². The van der Waals surface area contributed by atoms with Crippen molar-refractivity contribution in [2.75, 3.05) is 0 Å². The maximum atomic E-state index is 5.95. The van der Waals surface area contributed by atoms with Gasteiger partial charge in [-0.05, 0) is 18.9 Å². The highest BCUT2D eigenvalue weighted by molar-refractivity contribution is 5.24. The molecule has 1 unspecified atom stereocenters. The van der Waals surface area contributed by atoms with E-state index in [0.29, 0.717) is 0 Å². The SMILES string of the molecule is C#CCCC(N)c1cccc(C)c1. The first-order valence-electron chi connectivity index (χ1n) is 4.49. The van der Waals surface area contributed by atoms with E-state index in [4.69, 9.17) is 12.2 Å². The van der Waals surface area contributed by atoms with Crippen LogP contribution in [-0.4, -0.2) is 0 Å². The van der Waals surface area contributed by atoms with Crippen LogP contribution >= 0.6 is 0 Å². The largest absolute Gasteiger partial charge is 0.324 e. The fraction of sp³-hybridized carbons (Fsp3) is 0.333. The second-order valence-electron chi connectivity index (χ2n) is 3.26. The Morgan fingerprint density at radius 2 is 2.31 bits per heavy atom. The Labute approximate surface area is 80.0 Å². The molecule has 1 aromatic rings. The van der Waals surface area contributed by atoms with Crippen molar-refractivity contribution in [3.63, 3.8) is 0 Å². The maximum Gasteiger partial charge on any atom is 0.0304 e. The molecule has 0 spiro atoms. The van der Waals surface area contributed by atoms with Crippen molar-refractivity contribution in [2.45, 2.75) is 25.8 Å². The van der Waals surface area contributed by atoms with Gasteiger partial charge in [0.1, 0.15) is 0 Å². The van der Waals surface area contributed by atoms with Gasteiger partial charge in [0, 0.05) is 12.5 Å². The predicted molar refractivity (Wildman–Crippen MR) is 56.2 cm³/mol. The van der Waals surface area contributed by atoms with Crippen LogP contribution in [0.2, 0.25) is 0 Å². The summed E-state index contributed by atoms with van der Waals surface area (Å²) in [6, 6.07) is 8.34. The smallest absolute Gasteiger partial charge is 0.0304 e. The number of benzene rings is 1. The third-order valence-corrected chi connectivity index (χ3v) is 2.07. The van der Waals surface area contributed by atoms with Crippen molar-refractivity contribution in [1.29, 1.82) is 0 Å². The summed E-state index contributed by atoms with van der Waals surface area (Å²) in [6.45, 7) is 2.07. The molecule has 0 aliphatic heterocycles. The van der Waals surface area contributed by atoms with Gasteiger partial charge in [0.2, 0.25) is 0 Å². The molecule has 68 valence electrons. The third-order valence-electron chi connectivity index (χ3n) is 2.07. The van der Waals surface area contributed by atoms with Crippen molar-refractivity contribution in [1.82, 2.24) is 0 Å². The highest BCUT2D eigenvalue weighted by Crippen LogP contribution is 2.16. The van der Waals surface area contributed by atoms with Crippen LogP contribution in [-0.2, 0) is 0 Å². The second-order valence-corrected chi connectivity index (χ2v) is 3.26. The molecule has 1 atom stereocenters. The monoisotopic (exact) mass is 173 g/mol. The summed E-state index contributed by atoms with van der Waals surface area (Å²) in [5.41, 5.74) is 8.37. The Morgan fingerprint density at radius 3 is 2.92 bits per heavy atom. The molecule has 0 saturated carbocycles. The number of rotatable bonds is 3. The zero-order chi connectivity index (χ0) is 9.68. The lowest BCUT2D eigenvalue weighted by atomic mass is 10.0. The van der Waals surface area contributed by atoms with Crippen LogP contribution in [0, 0.1) is 19.3 Å². The summed E-state index contributed by atoms with van der Waals surface area (Å²) in [5, 5.41) is 0. The van der Waals surface area contributed by atoms with Gasteiger partial charge in [0.15, 0.2) is 0 Å². The molecule has 1 nitrogen and oxygen atoms in total. The number of hydrogen-bond donors (Lipinski definition) is 1. The van der Waals surface area contributed by atoms with E-state index in [-0.39, 0.29) is 6.04 Å². The molecule has 1 heteroatoms. The topological polar surface area (TPSA) is 26.0 Å². The quantitative estimate of drug-likeness (QED) is 0.698. The van der Waals surface area contributed by atoms with Crippen molar-refractivity contribution in [2.24, 2.45) is 5.73 Å². The molecule has 0 aromatic heterocycles. The lowest BCUT2D eigenvalue weighted by Crippen LogP contribution is -2.09. The lowest BCUT2D eigenvalue weighted by molar-refractivity contribution is 0.667. The highest BCUT2D eigenvalue weighted by Gasteiger charge is 2.03. The van der Waals surface area contributed by atoms with Gasteiger partial charge in [0.25, 0.3) is 0 Å². The van der Waals surface area contributed by atoms with E-state index in [1.807, 2.05) is 12.1 Å². The molecule has 1 rings (SSSR count). The predicted octanol–water partition coefficient (Wildman–Crippen LogP) is 2.41. The minimum atomic E-state index is 0.0796. The van der Waals surface area contributed by atoms with Gasteiger partial charge in [-0.25, -0.2) is 0 Å². The molecule has 0 radical (unpaired) electrons. The normalized spacial score (nSPS) is 12.1. The van der Waals surface area contributed by atoms with Crippen LogP contribution in [0.4, 0.5) is 0 Å². The number of aryl methyl sites for hydroxylation is 1. The fourth-order valence-electron chi connectivity index (χ4n) is 1.31. The summed E-state index contributed by atoms with van der Waals surface area (Å²) in [7, 11) is 0. The van der Waals surface area contributed by atoms with E-state index in [1.54, 1.807) is 0 Å². The molecular weight excluding hydrogens is 158 g/mol. The minimum Gasteiger partial charge on any atom is -0.324 e. The Bertz CT molecular complexity index is 309. The molecule has 13 heavy (non-hydrogen) atoms. The van der Waals surface area contributed by atoms with E-state index in [9.17, 15) is 0 Å². The Morgan fingerprint density at radius 1 is 1.54 bits per heavy atom. The number of nitrogens with two attached hydrogens (primary N) is 1. The van der Waals surface area contributed by atoms with Gasteiger partial charge < -0.3 is 5.73 Å². The molecule has 0 amide bonds. The van der Waals surface area contributed by atoms with Crippen LogP contribution in [0.3, 0.4) is 0 Å². The average Bonchev–Trinajstić information content (AvgIpc) is 2.14. The van der Waals surface area contributed by atoms with Crippen LogP contribution in [0.15, 0.2) is 24.3 Å². The summed E-state index contributed by atoms with van der Waals surface area (Å²) in [6.07, 6.45) is 6.79. The second kappa shape index (κ2) is 4.69. The zero-order valence-electron chi connectivity index (χ0n) is 7.96. The van der Waals surface area contributed by atoms with Gasteiger partial charge in [-0.2, -0.15) is 0 Å². The van der Waals surface area contributed by atoms with E-state index >= 15 is 0 Å². The van der Waals surface area contributed by atoms with Gasteiger partial charge >= 0.3 is 0 Å². The first-order chi connectivity index (χ1) is 6.24. The zero-order valence-corrected chi connectivity index (χ0v) is 7.96. The standard InChI is InChI=1S/C12H15N/c1-3-4-8-12(13)11-7-5-6-10(2)9-11/h1,5-7,9,12H,4,8,13H2,2H3. The van der Waals surface area contributed by atoms with Gasteiger partial charge in [-0.3, -0.25) is 0 Å². The van der Waals surface area contributed by atoms with Crippen molar-refractivity contribution < 1.29 is 0 Å². The summed E-state index contributed by atoms with van der Waals surface area (Å²) < 4.78 is 0. The molecule has 0 aliphatic carbocycles. The van der Waals surface area contributed by atoms with Crippen LogP contribution in [0.5, 0.6) is 0 Å². The van der Waals surface area contributed by atoms with E-state index in [1.165, 1.54) is 11.1 Å². The van der Waals surface area contributed by atoms with E-state index < -0.39 is 0 Å². The van der Waals surface area contributed by atoms with Crippen molar-refractivity contribution >= 4 is 0 Å². The molecular formula is C12H15N. The molecule has 2 N–H and O–H groups in total. The summed E-state index contributed by atoms with van der Waals surface area (Å²) in [5.74, 6) is 2.60. The Balaban J connectivity index is 2.66. The van der Waals surface area contributed by atoms with Crippen molar-refractivity contribution in [3.05, 3.63) is 35.4 Å². The van der Waals surface area contributed by atoms with Crippen molar-refractivity contribution in [3.8, 4) is 12.3 Å². The first-order valence-corrected chi connectivity index (χ1v) is 4.49. The Hall–Kier alpha value is -1.26. The highest BCUT2D eigenvalue weighted by atomic mass is 14.6. The fourth-order valence-corrected chi connectivity index (χ4v) is 1.31. The molecule has 0 aliphatic rings. The third kappa shape index (κ3) is 2.93. The molecule has 0 fully saturated rings. The number of terminal acetylenes is 1. The Kier molecular flexibility index (Phi) is 3.54. The molecule has 1 aromatic carbocycles. The van der Waals surface area contributed by atoms with E-state index in [2.05, 4.69) is 25.0 Å². The van der Waals surface area contributed by atoms with Crippen LogP contribution in [0.25, 0.3) is 0 Å². The van der Waals surface area contributed by atoms with Crippen LogP contribution in [0.1, 0.15) is 30.0 Å². The van der Waals surface area contributed by atoms with Gasteiger partial charge in [0.05, 0.1) is 0 Å². The average molecular weight is 173 g/mol. The lowest BCUT2D eigenvalue weighted by Gasteiger charge is -2.10. The summed E-state index contributed by atoms with van der Waals surface area (Å²) >= 11 is 0. The first kappa shape index (κ1) is 9.83. The maximum absolute atomic E-state index is 5.95. The summed E-state index contributed by atoms with van der Waals surface area (Å²) in [4.78, 5) is 0. The van der Waals surface area contributed by atoms with Gasteiger partial charge in [-0.15, -0.1) is 12.3 Å². The van der Waals surface area contributed by atoms with Crippen LogP contribution < -0.4 is 5.73 Å². The minimum absolute atomic E-state index is 0.0796. The molecule has 0 saturated heterocycles. The van der Waals surface area contributed by atoms with Gasteiger partial charge in [-0.1, -0.05) is 29.8 Å². The number of hydrogen-bond acceptors (Lipinski definition) is 1. The molecule has 0 heterocycles. The molecule has 0 bridgehead atoms.